The van der Waals surface area contributed by atoms with Gasteiger partial charge in [0.15, 0.2) is 0 Å². The van der Waals surface area contributed by atoms with Crippen molar-refractivity contribution in [1.29, 1.82) is 0 Å². The summed E-state index contributed by atoms with van der Waals surface area (Å²) in [5, 5.41) is 5.36. The van der Waals surface area contributed by atoms with Gasteiger partial charge in [0.05, 0.1) is 6.61 Å². The summed E-state index contributed by atoms with van der Waals surface area (Å²) in [4.78, 5) is 15.8. The van der Waals surface area contributed by atoms with Crippen LogP contribution in [0.3, 0.4) is 0 Å². The van der Waals surface area contributed by atoms with Gasteiger partial charge in [0.1, 0.15) is 6.04 Å². The molecule has 0 radical (unpaired) electrons. The van der Waals surface area contributed by atoms with E-state index in [9.17, 15) is 4.79 Å². The molecule has 0 bridgehead atoms. The van der Waals surface area contributed by atoms with Crippen LogP contribution in [-0.2, 0) is 16.1 Å². The molecule has 0 fully saturated rings. The molecule has 0 aromatic carbocycles. The van der Waals surface area contributed by atoms with Gasteiger partial charge >= 0.3 is 5.97 Å². The lowest BCUT2D eigenvalue weighted by Crippen LogP contribution is -2.29. The molecule has 2 rings (SSSR count). The summed E-state index contributed by atoms with van der Waals surface area (Å²) in [7, 11) is 0. The van der Waals surface area contributed by atoms with Crippen LogP contribution in [-0.4, -0.2) is 12.6 Å². The fourth-order valence-electron chi connectivity index (χ4n) is 2.10. The number of hydrogen-bond donors (Lipinski definition) is 1. The van der Waals surface area contributed by atoms with Gasteiger partial charge in [-0.2, -0.15) is 0 Å². The predicted molar refractivity (Wildman–Crippen MR) is 84.3 cm³/mol. The number of ether oxygens (including phenoxy) is 1. The Morgan fingerprint density at radius 3 is 2.80 bits per heavy atom. The SMILES string of the molecule is CCOC(=O)C(NCc1cccs1)c1cc(C)sc1C. The third-order valence-corrected chi connectivity index (χ3v) is 4.83. The molecule has 2 heterocycles. The minimum Gasteiger partial charge on any atom is -0.465 e. The zero-order valence-electron chi connectivity index (χ0n) is 11.9. The van der Waals surface area contributed by atoms with Gasteiger partial charge in [-0.25, -0.2) is 4.79 Å². The van der Waals surface area contributed by atoms with Gasteiger partial charge in [-0.05, 0) is 43.8 Å². The smallest absolute Gasteiger partial charge is 0.327 e. The van der Waals surface area contributed by atoms with Gasteiger partial charge in [0.2, 0.25) is 0 Å². The topological polar surface area (TPSA) is 38.3 Å². The van der Waals surface area contributed by atoms with Gasteiger partial charge in [-0.1, -0.05) is 6.07 Å². The molecule has 2 aromatic rings. The van der Waals surface area contributed by atoms with Crippen molar-refractivity contribution in [1.82, 2.24) is 5.32 Å². The first-order valence-corrected chi connectivity index (χ1v) is 8.30. The van der Waals surface area contributed by atoms with Crippen molar-refractivity contribution in [2.45, 2.75) is 33.4 Å². The van der Waals surface area contributed by atoms with Crippen molar-refractivity contribution < 1.29 is 9.53 Å². The van der Waals surface area contributed by atoms with E-state index in [-0.39, 0.29) is 12.0 Å². The third-order valence-electron chi connectivity index (χ3n) is 2.97. The summed E-state index contributed by atoms with van der Waals surface area (Å²) in [6.45, 7) is 7.02. The van der Waals surface area contributed by atoms with E-state index < -0.39 is 0 Å². The second kappa shape index (κ2) is 7.02. The molecular formula is C15H19NO2S2. The van der Waals surface area contributed by atoms with Crippen molar-refractivity contribution >= 4 is 28.6 Å². The fourth-order valence-corrected chi connectivity index (χ4v) is 3.72. The van der Waals surface area contributed by atoms with Crippen molar-refractivity contribution in [2.24, 2.45) is 0 Å². The van der Waals surface area contributed by atoms with Gasteiger partial charge in [0.25, 0.3) is 0 Å². The first-order valence-electron chi connectivity index (χ1n) is 6.61. The highest BCUT2D eigenvalue weighted by Crippen LogP contribution is 2.27. The Labute approximate surface area is 127 Å². The maximum Gasteiger partial charge on any atom is 0.327 e. The van der Waals surface area contributed by atoms with Gasteiger partial charge in [-0.15, -0.1) is 22.7 Å². The van der Waals surface area contributed by atoms with Crippen LogP contribution in [0, 0.1) is 13.8 Å². The Bertz CT molecular complexity index is 560. The summed E-state index contributed by atoms with van der Waals surface area (Å²) in [6, 6.07) is 5.76. The Morgan fingerprint density at radius 2 is 2.25 bits per heavy atom. The van der Waals surface area contributed by atoms with Crippen molar-refractivity contribution in [3.63, 3.8) is 0 Å². The average molecular weight is 309 g/mol. The lowest BCUT2D eigenvalue weighted by molar-refractivity contribution is -0.145. The van der Waals surface area contributed by atoms with E-state index in [0.717, 1.165) is 5.56 Å². The maximum absolute atomic E-state index is 12.2. The minimum absolute atomic E-state index is 0.204. The maximum atomic E-state index is 12.2. The lowest BCUT2D eigenvalue weighted by atomic mass is 10.1. The first kappa shape index (κ1) is 15.2. The summed E-state index contributed by atoms with van der Waals surface area (Å²) in [6.07, 6.45) is 0. The molecular weight excluding hydrogens is 290 g/mol. The van der Waals surface area contributed by atoms with Crippen LogP contribution in [0.4, 0.5) is 0 Å². The number of nitrogens with one attached hydrogen (secondary N) is 1. The second-order valence-electron chi connectivity index (χ2n) is 4.51. The van der Waals surface area contributed by atoms with Gasteiger partial charge in [-0.3, -0.25) is 5.32 Å². The van der Waals surface area contributed by atoms with Gasteiger partial charge < -0.3 is 4.74 Å². The van der Waals surface area contributed by atoms with E-state index in [1.807, 2.05) is 25.3 Å². The lowest BCUT2D eigenvalue weighted by Gasteiger charge is -2.17. The average Bonchev–Trinajstić information content (AvgIpc) is 3.01. The molecule has 1 N–H and O–H groups in total. The summed E-state index contributed by atoms with van der Waals surface area (Å²) < 4.78 is 5.20. The number of rotatable bonds is 6. The van der Waals surface area contributed by atoms with Crippen molar-refractivity contribution in [3.8, 4) is 0 Å². The Morgan fingerprint density at radius 1 is 1.45 bits per heavy atom. The highest BCUT2D eigenvalue weighted by atomic mass is 32.1. The molecule has 0 spiro atoms. The normalized spacial score (nSPS) is 12.3. The highest BCUT2D eigenvalue weighted by molar-refractivity contribution is 7.12. The standard InChI is InChI=1S/C15H19NO2S2/c1-4-18-15(17)14(13-8-10(2)20-11(13)3)16-9-12-6-5-7-19-12/h5-8,14,16H,4,9H2,1-3H3. The number of hydrogen-bond acceptors (Lipinski definition) is 5. The molecule has 1 unspecified atom stereocenters. The first-order chi connectivity index (χ1) is 9.61. The molecule has 2 aromatic heterocycles. The van der Waals surface area contributed by atoms with Crippen LogP contribution in [0.15, 0.2) is 23.6 Å². The second-order valence-corrected chi connectivity index (χ2v) is 7.01. The van der Waals surface area contributed by atoms with Crippen LogP contribution in [0.2, 0.25) is 0 Å². The predicted octanol–water partition coefficient (Wildman–Crippen LogP) is 3.82. The van der Waals surface area contributed by atoms with Crippen LogP contribution in [0.5, 0.6) is 0 Å². The quantitative estimate of drug-likeness (QED) is 0.824. The van der Waals surface area contributed by atoms with Gasteiger partial charge in [0, 0.05) is 21.2 Å². The van der Waals surface area contributed by atoms with Crippen LogP contribution in [0.25, 0.3) is 0 Å². The summed E-state index contributed by atoms with van der Waals surface area (Å²) in [5.74, 6) is -0.204. The van der Waals surface area contributed by atoms with E-state index in [2.05, 4.69) is 24.4 Å². The summed E-state index contributed by atoms with van der Waals surface area (Å²) in [5.41, 5.74) is 1.03. The van der Waals surface area contributed by atoms with E-state index in [4.69, 9.17) is 4.74 Å². The highest BCUT2D eigenvalue weighted by Gasteiger charge is 2.24. The number of aryl methyl sites for hydroxylation is 2. The van der Waals surface area contributed by atoms with Crippen molar-refractivity contribution in [3.05, 3.63) is 43.8 Å². The van der Waals surface area contributed by atoms with E-state index in [1.54, 1.807) is 22.7 Å². The van der Waals surface area contributed by atoms with E-state index >= 15 is 0 Å². The number of esters is 1. The molecule has 0 aliphatic heterocycles. The van der Waals surface area contributed by atoms with Crippen LogP contribution < -0.4 is 5.32 Å². The molecule has 5 heteroatoms. The fraction of sp³-hybridized carbons (Fsp3) is 0.400. The van der Waals surface area contributed by atoms with E-state index in [0.29, 0.717) is 13.2 Å². The molecule has 0 aliphatic rings. The molecule has 3 nitrogen and oxygen atoms in total. The largest absolute Gasteiger partial charge is 0.465 e. The molecule has 0 amide bonds. The number of thiophene rings is 2. The Balaban J connectivity index is 2.16. The molecule has 0 aliphatic carbocycles. The monoisotopic (exact) mass is 309 g/mol. The Kier molecular flexibility index (Phi) is 5.34. The zero-order chi connectivity index (χ0) is 14.5. The number of carbonyl (C=O) groups excluding carboxylic acids is 1. The minimum atomic E-state index is -0.387. The third kappa shape index (κ3) is 3.69. The zero-order valence-corrected chi connectivity index (χ0v) is 13.6. The molecule has 20 heavy (non-hydrogen) atoms. The molecule has 0 saturated heterocycles. The van der Waals surface area contributed by atoms with Crippen molar-refractivity contribution in [2.75, 3.05) is 6.61 Å². The molecule has 1 atom stereocenters. The Hall–Kier alpha value is -1.17. The number of carbonyl (C=O) groups is 1. The van der Waals surface area contributed by atoms with Crippen LogP contribution >= 0.6 is 22.7 Å². The van der Waals surface area contributed by atoms with E-state index in [1.165, 1.54) is 14.6 Å². The molecule has 0 saturated carbocycles. The summed E-state index contributed by atoms with van der Waals surface area (Å²) >= 11 is 3.39. The molecule has 108 valence electrons. The van der Waals surface area contributed by atoms with Crippen LogP contribution in [0.1, 0.15) is 33.2 Å².